The van der Waals surface area contributed by atoms with Crippen LogP contribution in [-0.2, 0) is 18.9 Å². The third-order valence-corrected chi connectivity index (χ3v) is 5.21. The van der Waals surface area contributed by atoms with E-state index in [4.69, 9.17) is 18.9 Å². The lowest BCUT2D eigenvalue weighted by Crippen LogP contribution is -2.12. The first-order chi connectivity index (χ1) is 8.86. The van der Waals surface area contributed by atoms with E-state index in [2.05, 4.69) is 0 Å². The third-order valence-electron chi connectivity index (χ3n) is 3.21. The van der Waals surface area contributed by atoms with Crippen LogP contribution in [0, 0.1) is 0 Å². The highest BCUT2D eigenvalue weighted by Gasteiger charge is 2.21. The fourth-order valence-corrected chi connectivity index (χ4v) is 3.55. The molecule has 0 amide bonds. The molecule has 1 fully saturated rings. The van der Waals surface area contributed by atoms with Crippen LogP contribution in [0.25, 0.3) is 0 Å². The number of hydrogen-bond acceptors (Lipinski definition) is 4. The van der Waals surface area contributed by atoms with Gasteiger partial charge in [0.25, 0.3) is 0 Å². The van der Waals surface area contributed by atoms with Gasteiger partial charge in [-0.3, -0.25) is 0 Å². The van der Waals surface area contributed by atoms with Crippen molar-refractivity contribution in [2.75, 3.05) is 34.0 Å². The first-order valence-corrected chi connectivity index (χ1v) is 9.11. The molecule has 0 aliphatic carbocycles. The van der Waals surface area contributed by atoms with Crippen molar-refractivity contribution in [1.29, 1.82) is 0 Å². The van der Waals surface area contributed by atoms with Crippen LogP contribution in [0.4, 0.5) is 0 Å². The average Bonchev–Trinajstić information content (AvgIpc) is 3.20. The predicted molar refractivity (Wildman–Crippen MR) is 75.0 cm³/mol. The normalized spacial score (nSPS) is 19.2. The zero-order chi connectivity index (χ0) is 13.1. The van der Waals surface area contributed by atoms with Crippen LogP contribution in [-0.4, -0.2) is 56.0 Å². The second kappa shape index (κ2) is 10.9. The number of ether oxygens (including phenoxy) is 4. The Balaban J connectivity index is 1.69. The summed E-state index contributed by atoms with van der Waals surface area (Å²) in [5.74, 6) is 0. The molecule has 0 N–H and O–H groups in total. The van der Waals surface area contributed by atoms with Crippen molar-refractivity contribution in [3.05, 3.63) is 0 Å². The summed E-state index contributed by atoms with van der Waals surface area (Å²) in [5.41, 5.74) is 0. The molecule has 0 bridgehead atoms. The second-order valence-electron chi connectivity index (χ2n) is 4.84. The Morgan fingerprint density at radius 3 is 2.56 bits per heavy atom. The van der Waals surface area contributed by atoms with E-state index in [1.54, 1.807) is 14.2 Å². The Kier molecular flexibility index (Phi) is 9.79. The summed E-state index contributed by atoms with van der Waals surface area (Å²) in [4.78, 5) is 0. The average molecular weight is 276 g/mol. The minimum absolute atomic E-state index is 0.00953. The minimum atomic E-state index is -0.00953. The molecular formula is C13H28O4Si. The molecular weight excluding hydrogens is 248 g/mol. The molecule has 1 aliphatic rings. The molecule has 0 radical (unpaired) electrons. The van der Waals surface area contributed by atoms with Gasteiger partial charge in [0, 0.05) is 30.3 Å². The highest BCUT2D eigenvalue weighted by atomic mass is 28.2. The maximum atomic E-state index is 5.51. The van der Waals surface area contributed by atoms with Gasteiger partial charge >= 0.3 is 0 Å². The van der Waals surface area contributed by atoms with Crippen LogP contribution in [0.3, 0.4) is 0 Å². The van der Waals surface area contributed by atoms with Crippen LogP contribution < -0.4 is 0 Å². The lowest BCUT2D eigenvalue weighted by atomic mass is 10.2. The quantitative estimate of drug-likeness (QED) is 0.222. The molecule has 0 aromatic heterocycles. The van der Waals surface area contributed by atoms with Crippen LogP contribution in [0.5, 0.6) is 0 Å². The van der Waals surface area contributed by atoms with Crippen LogP contribution in [0.1, 0.15) is 25.7 Å². The predicted octanol–water partition coefficient (Wildman–Crippen LogP) is 1.59. The molecule has 1 rings (SSSR count). The van der Waals surface area contributed by atoms with Gasteiger partial charge in [-0.1, -0.05) is 18.5 Å². The van der Waals surface area contributed by atoms with Gasteiger partial charge in [0.1, 0.15) is 6.10 Å². The van der Waals surface area contributed by atoms with Gasteiger partial charge in [-0.05, 0) is 19.3 Å². The number of methoxy groups -OCH3 is 2. The molecule has 1 heterocycles. The Morgan fingerprint density at radius 2 is 1.89 bits per heavy atom. The smallest absolute Gasteiger partial charge is 0.156 e. The standard InChI is InChI=1S/C13H28O4Si/c1-14-13(15-2)6-3-4-8-18-9-5-7-16-10-12-11-17-12/h12-13H,3-11,18H2,1-2H3. The minimum Gasteiger partial charge on any atom is -0.379 e. The fraction of sp³-hybridized carbons (Fsp3) is 1.00. The summed E-state index contributed by atoms with van der Waals surface area (Å²) in [7, 11) is 3.54. The van der Waals surface area contributed by atoms with E-state index < -0.39 is 0 Å². The van der Waals surface area contributed by atoms with Crippen molar-refractivity contribution in [2.24, 2.45) is 0 Å². The highest BCUT2D eigenvalue weighted by Crippen LogP contribution is 2.09. The van der Waals surface area contributed by atoms with E-state index in [0.717, 1.165) is 26.2 Å². The fourth-order valence-electron chi connectivity index (χ4n) is 1.93. The van der Waals surface area contributed by atoms with Crippen molar-refractivity contribution in [2.45, 2.75) is 50.2 Å². The summed E-state index contributed by atoms with van der Waals surface area (Å²) in [6, 6.07) is 2.84. The highest BCUT2D eigenvalue weighted by molar-refractivity contribution is 6.35. The summed E-state index contributed by atoms with van der Waals surface area (Å²) in [6.07, 6.45) is 5.20. The molecule has 4 nitrogen and oxygen atoms in total. The van der Waals surface area contributed by atoms with Crippen LogP contribution in [0.2, 0.25) is 12.1 Å². The lowest BCUT2D eigenvalue weighted by Gasteiger charge is -2.12. The van der Waals surface area contributed by atoms with Gasteiger partial charge in [-0.25, -0.2) is 0 Å². The Labute approximate surface area is 113 Å². The van der Waals surface area contributed by atoms with E-state index in [1.165, 1.54) is 31.4 Å². The molecule has 18 heavy (non-hydrogen) atoms. The van der Waals surface area contributed by atoms with E-state index >= 15 is 0 Å². The molecule has 0 spiro atoms. The van der Waals surface area contributed by atoms with Gasteiger partial charge in [-0.15, -0.1) is 0 Å². The summed E-state index contributed by atoms with van der Waals surface area (Å²) < 4.78 is 20.9. The molecule has 5 heteroatoms. The lowest BCUT2D eigenvalue weighted by molar-refractivity contribution is -0.107. The number of unbranched alkanes of at least 4 members (excludes halogenated alkanes) is 1. The van der Waals surface area contributed by atoms with Crippen molar-refractivity contribution in [1.82, 2.24) is 0 Å². The molecule has 1 atom stereocenters. The monoisotopic (exact) mass is 276 g/mol. The molecule has 1 unspecified atom stereocenters. The van der Waals surface area contributed by atoms with E-state index in [-0.39, 0.29) is 15.8 Å². The van der Waals surface area contributed by atoms with Gasteiger partial charge in [-0.2, -0.15) is 0 Å². The van der Waals surface area contributed by atoms with Gasteiger partial charge < -0.3 is 18.9 Å². The molecule has 1 aliphatic heterocycles. The number of epoxide rings is 1. The Morgan fingerprint density at radius 1 is 1.17 bits per heavy atom. The van der Waals surface area contributed by atoms with Crippen molar-refractivity contribution in [3.8, 4) is 0 Å². The van der Waals surface area contributed by atoms with Gasteiger partial charge in [0.15, 0.2) is 6.29 Å². The van der Waals surface area contributed by atoms with Crippen molar-refractivity contribution < 1.29 is 18.9 Å². The zero-order valence-corrected chi connectivity index (χ0v) is 13.3. The van der Waals surface area contributed by atoms with E-state index in [0.29, 0.717) is 6.10 Å². The van der Waals surface area contributed by atoms with E-state index in [9.17, 15) is 0 Å². The second-order valence-corrected chi connectivity index (χ2v) is 6.96. The zero-order valence-electron chi connectivity index (χ0n) is 11.9. The SMILES string of the molecule is COC(CCCC[SiH2]CCCOCC1CO1)OC. The van der Waals surface area contributed by atoms with Crippen LogP contribution in [0.15, 0.2) is 0 Å². The molecule has 0 saturated carbocycles. The summed E-state index contributed by atoms with van der Waals surface area (Å²) in [6.45, 7) is 2.62. The van der Waals surface area contributed by atoms with E-state index in [1.807, 2.05) is 0 Å². The summed E-state index contributed by atoms with van der Waals surface area (Å²) in [5, 5.41) is 0. The number of hydrogen-bond donors (Lipinski definition) is 0. The van der Waals surface area contributed by atoms with Gasteiger partial charge in [0.05, 0.1) is 13.2 Å². The van der Waals surface area contributed by atoms with Crippen LogP contribution >= 0.6 is 0 Å². The van der Waals surface area contributed by atoms with Crippen molar-refractivity contribution in [3.63, 3.8) is 0 Å². The third kappa shape index (κ3) is 9.05. The number of rotatable bonds is 13. The molecule has 1 saturated heterocycles. The Bertz CT molecular complexity index is 184. The molecule has 0 aromatic rings. The maximum absolute atomic E-state index is 5.51. The molecule has 0 aromatic carbocycles. The molecule has 108 valence electrons. The van der Waals surface area contributed by atoms with Gasteiger partial charge in [0.2, 0.25) is 0 Å². The summed E-state index contributed by atoms with van der Waals surface area (Å²) >= 11 is 0. The topological polar surface area (TPSA) is 40.2 Å². The first-order valence-electron chi connectivity index (χ1n) is 7.11. The largest absolute Gasteiger partial charge is 0.379 e. The van der Waals surface area contributed by atoms with Crippen molar-refractivity contribution >= 4 is 9.52 Å². The maximum Gasteiger partial charge on any atom is 0.156 e. The Hall–Kier alpha value is 0.0569. The first kappa shape index (κ1) is 16.1.